The van der Waals surface area contributed by atoms with Crippen LogP contribution in [0.3, 0.4) is 0 Å². The van der Waals surface area contributed by atoms with Gasteiger partial charge in [0.25, 0.3) is 0 Å². The van der Waals surface area contributed by atoms with Crippen molar-refractivity contribution in [2.75, 3.05) is 32.0 Å². The number of para-hydroxylation sites is 1. The third kappa shape index (κ3) is 7.54. The van der Waals surface area contributed by atoms with Gasteiger partial charge >= 0.3 is 6.18 Å². The Hall–Kier alpha value is -1.51. The van der Waals surface area contributed by atoms with Gasteiger partial charge in [-0.1, -0.05) is 29.3 Å². The molecule has 1 aromatic rings. The van der Waals surface area contributed by atoms with Gasteiger partial charge in [0.2, 0.25) is 11.8 Å². The van der Waals surface area contributed by atoms with E-state index in [1.54, 1.807) is 11.4 Å². The molecule has 0 aliphatic heterocycles. The maximum atomic E-state index is 12.0. The molecule has 2 N–H and O–H groups in total. The largest absolute Gasteiger partial charge is 0.405 e. The SMILES string of the molecule is CN(CC(=O)NCC(F)(F)F)CC(=O)Nc1c(Cl)cccc1Cl. The number of benzene rings is 1. The van der Waals surface area contributed by atoms with E-state index in [1.165, 1.54) is 24.1 Å². The summed E-state index contributed by atoms with van der Waals surface area (Å²) in [5, 5.41) is 4.69. The number of likely N-dealkylation sites (N-methyl/N-ethyl adjacent to an activating group) is 1. The summed E-state index contributed by atoms with van der Waals surface area (Å²) in [5.41, 5.74) is 0.232. The minimum absolute atomic E-state index is 0.221. The molecule has 0 atom stereocenters. The van der Waals surface area contributed by atoms with Crippen molar-refractivity contribution in [3.05, 3.63) is 28.2 Å². The van der Waals surface area contributed by atoms with Crippen LogP contribution in [0.25, 0.3) is 0 Å². The molecule has 0 aliphatic rings. The Morgan fingerprint density at radius 3 is 2.17 bits per heavy atom. The van der Waals surface area contributed by atoms with Crippen LogP contribution in [0.2, 0.25) is 10.0 Å². The van der Waals surface area contributed by atoms with Crippen LogP contribution >= 0.6 is 23.2 Å². The van der Waals surface area contributed by atoms with Crippen molar-refractivity contribution in [2.45, 2.75) is 6.18 Å². The van der Waals surface area contributed by atoms with E-state index >= 15 is 0 Å². The number of halogens is 5. The highest BCUT2D eigenvalue weighted by Gasteiger charge is 2.27. The van der Waals surface area contributed by atoms with E-state index < -0.39 is 24.5 Å². The molecule has 0 unspecified atom stereocenters. The highest BCUT2D eigenvalue weighted by atomic mass is 35.5. The first-order valence-electron chi connectivity index (χ1n) is 6.34. The Morgan fingerprint density at radius 1 is 1.13 bits per heavy atom. The Bertz CT molecular complexity index is 562. The second-order valence-electron chi connectivity index (χ2n) is 4.71. The average Bonchev–Trinajstić information content (AvgIpc) is 2.40. The van der Waals surface area contributed by atoms with Crippen molar-refractivity contribution < 1.29 is 22.8 Å². The Kier molecular flexibility index (Phi) is 7.11. The molecule has 1 aromatic carbocycles. The summed E-state index contributed by atoms with van der Waals surface area (Å²) in [4.78, 5) is 24.4. The van der Waals surface area contributed by atoms with Gasteiger partial charge in [0.15, 0.2) is 0 Å². The van der Waals surface area contributed by atoms with Gasteiger partial charge < -0.3 is 10.6 Å². The number of carbonyl (C=O) groups excluding carboxylic acids is 2. The zero-order valence-corrected chi connectivity index (χ0v) is 13.5. The number of hydrogen-bond donors (Lipinski definition) is 2. The first-order valence-corrected chi connectivity index (χ1v) is 7.10. The molecule has 10 heteroatoms. The van der Waals surface area contributed by atoms with Crippen LogP contribution in [0.15, 0.2) is 18.2 Å². The summed E-state index contributed by atoms with van der Waals surface area (Å²) in [6, 6.07) is 4.69. The summed E-state index contributed by atoms with van der Waals surface area (Å²) in [6.45, 7) is -2.00. The molecule has 0 aromatic heterocycles. The predicted octanol–water partition coefficient (Wildman–Crippen LogP) is 2.54. The van der Waals surface area contributed by atoms with Gasteiger partial charge in [-0.3, -0.25) is 14.5 Å². The van der Waals surface area contributed by atoms with Crippen LogP contribution < -0.4 is 10.6 Å². The van der Waals surface area contributed by atoms with Gasteiger partial charge in [-0.05, 0) is 19.2 Å². The number of amides is 2. The van der Waals surface area contributed by atoms with Crippen molar-refractivity contribution >= 4 is 40.7 Å². The third-order valence-electron chi connectivity index (χ3n) is 2.54. The summed E-state index contributed by atoms with van der Waals surface area (Å²) in [5.74, 6) is -1.35. The van der Waals surface area contributed by atoms with Gasteiger partial charge in [-0.25, -0.2) is 0 Å². The summed E-state index contributed by atoms with van der Waals surface area (Å²) < 4.78 is 35.9. The van der Waals surface area contributed by atoms with Gasteiger partial charge in [0, 0.05) is 0 Å². The first kappa shape index (κ1) is 19.5. The number of hydrogen-bond acceptors (Lipinski definition) is 3. The van der Waals surface area contributed by atoms with Gasteiger partial charge in [0.1, 0.15) is 6.54 Å². The van der Waals surface area contributed by atoms with Gasteiger partial charge in [-0.2, -0.15) is 13.2 Å². The van der Waals surface area contributed by atoms with E-state index in [1.807, 2.05) is 0 Å². The van der Waals surface area contributed by atoms with Crippen molar-refractivity contribution in [2.24, 2.45) is 0 Å². The Labute approximate surface area is 140 Å². The predicted molar refractivity (Wildman–Crippen MR) is 81.7 cm³/mol. The summed E-state index contributed by atoms with van der Waals surface area (Å²) >= 11 is 11.8. The summed E-state index contributed by atoms with van der Waals surface area (Å²) in [7, 11) is 1.42. The Morgan fingerprint density at radius 2 is 1.65 bits per heavy atom. The third-order valence-corrected chi connectivity index (χ3v) is 3.17. The molecular weight excluding hydrogens is 358 g/mol. The van der Waals surface area contributed by atoms with Crippen LogP contribution in [-0.4, -0.2) is 49.6 Å². The maximum Gasteiger partial charge on any atom is 0.405 e. The fraction of sp³-hybridized carbons (Fsp3) is 0.385. The molecule has 0 heterocycles. The van der Waals surface area contributed by atoms with Crippen LogP contribution in [0.4, 0.5) is 18.9 Å². The molecule has 0 radical (unpaired) electrons. The second kappa shape index (κ2) is 8.37. The lowest BCUT2D eigenvalue weighted by Gasteiger charge is -2.17. The fourth-order valence-electron chi connectivity index (χ4n) is 1.60. The highest BCUT2D eigenvalue weighted by Crippen LogP contribution is 2.29. The van der Waals surface area contributed by atoms with E-state index in [4.69, 9.17) is 23.2 Å². The van der Waals surface area contributed by atoms with Crippen LogP contribution in [-0.2, 0) is 9.59 Å². The lowest BCUT2D eigenvalue weighted by atomic mass is 10.3. The number of nitrogens with zero attached hydrogens (tertiary/aromatic N) is 1. The molecule has 2 amide bonds. The van der Waals surface area contributed by atoms with Crippen molar-refractivity contribution in [3.8, 4) is 0 Å². The lowest BCUT2D eigenvalue weighted by Crippen LogP contribution is -2.42. The molecule has 0 saturated heterocycles. The number of nitrogens with one attached hydrogen (secondary N) is 2. The maximum absolute atomic E-state index is 12.0. The van der Waals surface area contributed by atoms with E-state index in [0.29, 0.717) is 0 Å². The number of anilines is 1. The first-order chi connectivity index (χ1) is 10.6. The molecule has 1 rings (SSSR count). The van der Waals surface area contributed by atoms with Crippen LogP contribution in [0.1, 0.15) is 0 Å². The minimum atomic E-state index is -4.48. The highest BCUT2D eigenvalue weighted by molar-refractivity contribution is 6.39. The van der Waals surface area contributed by atoms with Crippen LogP contribution in [0.5, 0.6) is 0 Å². The molecule has 128 valence electrons. The van der Waals surface area contributed by atoms with Crippen LogP contribution in [0, 0.1) is 0 Å². The lowest BCUT2D eigenvalue weighted by molar-refractivity contribution is -0.139. The van der Waals surface area contributed by atoms with Crippen molar-refractivity contribution in [1.82, 2.24) is 10.2 Å². The van der Waals surface area contributed by atoms with E-state index in [2.05, 4.69) is 5.32 Å². The molecule has 0 aliphatic carbocycles. The second-order valence-corrected chi connectivity index (χ2v) is 5.52. The summed E-state index contributed by atoms with van der Waals surface area (Å²) in [6.07, 6.45) is -4.48. The number of alkyl halides is 3. The quantitative estimate of drug-likeness (QED) is 0.807. The molecule has 5 nitrogen and oxygen atoms in total. The van der Waals surface area contributed by atoms with Gasteiger partial charge in [0.05, 0.1) is 28.8 Å². The molecule has 0 spiro atoms. The molecule has 23 heavy (non-hydrogen) atoms. The van der Waals surface area contributed by atoms with Gasteiger partial charge in [-0.15, -0.1) is 0 Å². The monoisotopic (exact) mass is 371 g/mol. The van der Waals surface area contributed by atoms with E-state index in [9.17, 15) is 22.8 Å². The van der Waals surface area contributed by atoms with Crippen molar-refractivity contribution in [1.29, 1.82) is 0 Å². The van der Waals surface area contributed by atoms with E-state index in [0.717, 1.165) is 0 Å². The molecule has 0 fully saturated rings. The Balaban J connectivity index is 2.46. The molecule has 0 saturated carbocycles. The van der Waals surface area contributed by atoms with E-state index in [-0.39, 0.29) is 28.8 Å². The average molecular weight is 372 g/mol. The number of rotatable bonds is 6. The van der Waals surface area contributed by atoms with Crippen molar-refractivity contribution in [3.63, 3.8) is 0 Å². The normalized spacial score (nSPS) is 11.4. The topological polar surface area (TPSA) is 61.4 Å². The zero-order valence-electron chi connectivity index (χ0n) is 12.0. The zero-order chi connectivity index (χ0) is 17.6. The smallest absolute Gasteiger partial charge is 0.346 e. The standard InChI is InChI=1S/C13H14Cl2F3N3O2/c1-21(5-10(22)19-7-13(16,17)18)6-11(23)20-12-8(14)3-2-4-9(12)15/h2-4H,5-7H2,1H3,(H,19,22)(H,20,23). The fourth-order valence-corrected chi connectivity index (χ4v) is 2.09. The number of carbonyl (C=O) groups is 2. The minimum Gasteiger partial charge on any atom is -0.346 e. The molecular formula is C13H14Cl2F3N3O2. The molecule has 0 bridgehead atoms.